The van der Waals surface area contributed by atoms with Gasteiger partial charge in [-0.1, -0.05) is 24.3 Å². The molecular formula is C16H19N3O. The Morgan fingerprint density at radius 2 is 1.90 bits per heavy atom. The Morgan fingerprint density at radius 1 is 1.15 bits per heavy atom. The number of carbonyl (C=O) groups is 1. The standard InChI is InChI=1S/C16H19N3O/c1-19(2)11-12-6-5-7-13(10-12)18-16(20)14-8-3-4-9-15(14)17/h3-10H,11,17H2,1-2H3,(H,18,20). The minimum atomic E-state index is -0.190. The fourth-order valence-electron chi connectivity index (χ4n) is 2.01. The molecule has 0 aliphatic heterocycles. The average molecular weight is 269 g/mol. The summed E-state index contributed by atoms with van der Waals surface area (Å²) in [7, 11) is 4.02. The second-order valence-corrected chi connectivity index (χ2v) is 4.98. The maximum atomic E-state index is 12.2. The average Bonchev–Trinajstić information content (AvgIpc) is 2.38. The Hall–Kier alpha value is -2.33. The number of carbonyl (C=O) groups excluding carboxylic acids is 1. The van der Waals surface area contributed by atoms with Gasteiger partial charge in [-0.2, -0.15) is 0 Å². The lowest BCUT2D eigenvalue weighted by molar-refractivity contribution is 0.102. The SMILES string of the molecule is CN(C)Cc1cccc(NC(=O)c2ccccc2N)c1. The van der Waals surface area contributed by atoms with Crippen LogP contribution in [0, 0.1) is 0 Å². The highest BCUT2D eigenvalue weighted by Crippen LogP contribution is 2.16. The summed E-state index contributed by atoms with van der Waals surface area (Å²) in [5.74, 6) is -0.190. The van der Waals surface area contributed by atoms with E-state index in [1.54, 1.807) is 18.2 Å². The summed E-state index contributed by atoms with van der Waals surface area (Å²) in [5, 5.41) is 2.88. The monoisotopic (exact) mass is 269 g/mol. The van der Waals surface area contributed by atoms with Crippen LogP contribution in [0.4, 0.5) is 11.4 Å². The normalized spacial score (nSPS) is 10.6. The number of para-hydroxylation sites is 1. The third kappa shape index (κ3) is 3.59. The van der Waals surface area contributed by atoms with Crippen molar-refractivity contribution < 1.29 is 4.79 Å². The molecule has 0 bridgehead atoms. The maximum Gasteiger partial charge on any atom is 0.257 e. The van der Waals surface area contributed by atoms with Gasteiger partial charge in [0.1, 0.15) is 0 Å². The molecule has 4 heteroatoms. The van der Waals surface area contributed by atoms with E-state index in [9.17, 15) is 4.79 Å². The van der Waals surface area contributed by atoms with E-state index in [1.807, 2.05) is 44.4 Å². The van der Waals surface area contributed by atoms with Gasteiger partial charge in [-0.15, -0.1) is 0 Å². The quantitative estimate of drug-likeness (QED) is 0.839. The second-order valence-electron chi connectivity index (χ2n) is 4.98. The predicted molar refractivity (Wildman–Crippen MR) is 82.6 cm³/mol. The van der Waals surface area contributed by atoms with Crippen LogP contribution < -0.4 is 11.1 Å². The zero-order chi connectivity index (χ0) is 14.5. The minimum absolute atomic E-state index is 0.190. The molecule has 0 unspecified atom stereocenters. The molecule has 0 aliphatic carbocycles. The number of nitrogen functional groups attached to an aromatic ring is 1. The Morgan fingerprint density at radius 3 is 2.60 bits per heavy atom. The van der Waals surface area contributed by atoms with Crippen LogP contribution in [0.15, 0.2) is 48.5 Å². The Balaban J connectivity index is 2.14. The van der Waals surface area contributed by atoms with Crippen molar-refractivity contribution in [1.29, 1.82) is 0 Å². The van der Waals surface area contributed by atoms with Crippen molar-refractivity contribution in [2.75, 3.05) is 25.1 Å². The second kappa shape index (κ2) is 6.21. The van der Waals surface area contributed by atoms with Gasteiger partial charge in [0.15, 0.2) is 0 Å². The summed E-state index contributed by atoms with van der Waals surface area (Å²) in [5.41, 5.74) is 8.70. The van der Waals surface area contributed by atoms with Gasteiger partial charge >= 0.3 is 0 Å². The molecule has 0 spiro atoms. The topological polar surface area (TPSA) is 58.4 Å². The van der Waals surface area contributed by atoms with Gasteiger partial charge in [0.25, 0.3) is 5.91 Å². The van der Waals surface area contributed by atoms with Gasteiger partial charge in [-0.3, -0.25) is 4.79 Å². The molecule has 2 aromatic rings. The fraction of sp³-hybridized carbons (Fsp3) is 0.188. The first-order valence-electron chi connectivity index (χ1n) is 6.46. The third-order valence-corrected chi connectivity index (χ3v) is 2.89. The number of hydrogen-bond donors (Lipinski definition) is 2. The lowest BCUT2D eigenvalue weighted by Crippen LogP contribution is -2.15. The highest BCUT2D eigenvalue weighted by Gasteiger charge is 2.09. The van der Waals surface area contributed by atoms with Crippen LogP contribution in [0.2, 0.25) is 0 Å². The van der Waals surface area contributed by atoms with Crippen LogP contribution in [0.3, 0.4) is 0 Å². The summed E-state index contributed by atoms with van der Waals surface area (Å²) in [6.07, 6.45) is 0. The largest absolute Gasteiger partial charge is 0.398 e. The van der Waals surface area contributed by atoms with Crippen molar-refractivity contribution in [1.82, 2.24) is 4.90 Å². The molecule has 0 heterocycles. The zero-order valence-corrected chi connectivity index (χ0v) is 11.8. The van der Waals surface area contributed by atoms with Crippen molar-refractivity contribution in [3.05, 3.63) is 59.7 Å². The molecule has 0 radical (unpaired) electrons. The molecular weight excluding hydrogens is 250 g/mol. The zero-order valence-electron chi connectivity index (χ0n) is 11.8. The van der Waals surface area contributed by atoms with Crippen molar-refractivity contribution in [3.63, 3.8) is 0 Å². The molecule has 2 rings (SSSR count). The molecule has 1 amide bonds. The first-order valence-corrected chi connectivity index (χ1v) is 6.46. The maximum absolute atomic E-state index is 12.2. The summed E-state index contributed by atoms with van der Waals surface area (Å²) in [6, 6.07) is 14.9. The number of nitrogens with two attached hydrogens (primary N) is 1. The van der Waals surface area contributed by atoms with E-state index in [1.165, 1.54) is 0 Å². The molecule has 4 nitrogen and oxygen atoms in total. The van der Waals surface area contributed by atoms with E-state index in [0.717, 1.165) is 17.8 Å². The van der Waals surface area contributed by atoms with Gasteiger partial charge in [-0.25, -0.2) is 0 Å². The molecule has 0 aromatic heterocycles. The van der Waals surface area contributed by atoms with Gasteiger partial charge in [0.2, 0.25) is 0 Å². The van der Waals surface area contributed by atoms with Gasteiger partial charge < -0.3 is 16.0 Å². The lowest BCUT2D eigenvalue weighted by Gasteiger charge is -2.12. The van der Waals surface area contributed by atoms with Crippen LogP contribution >= 0.6 is 0 Å². The summed E-state index contributed by atoms with van der Waals surface area (Å²) in [6.45, 7) is 0.831. The Labute approximate surface area is 119 Å². The molecule has 2 aromatic carbocycles. The fourth-order valence-corrected chi connectivity index (χ4v) is 2.01. The molecule has 0 fully saturated rings. The minimum Gasteiger partial charge on any atom is -0.398 e. The van der Waals surface area contributed by atoms with Crippen molar-refractivity contribution in [2.24, 2.45) is 0 Å². The van der Waals surface area contributed by atoms with E-state index in [4.69, 9.17) is 5.73 Å². The highest BCUT2D eigenvalue weighted by atomic mass is 16.1. The van der Waals surface area contributed by atoms with Crippen LogP contribution in [0.5, 0.6) is 0 Å². The van der Waals surface area contributed by atoms with Crippen LogP contribution in [-0.2, 0) is 6.54 Å². The molecule has 0 atom stereocenters. The van der Waals surface area contributed by atoms with Crippen molar-refractivity contribution in [2.45, 2.75) is 6.54 Å². The number of hydrogen-bond acceptors (Lipinski definition) is 3. The predicted octanol–water partition coefficient (Wildman–Crippen LogP) is 2.58. The van der Waals surface area contributed by atoms with E-state index in [2.05, 4.69) is 10.2 Å². The van der Waals surface area contributed by atoms with Crippen LogP contribution in [0.1, 0.15) is 15.9 Å². The number of amides is 1. The number of anilines is 2. The first kappa shape index (κ1) is 14.1. The summed E-state index contributed by atoms with van der Waals surface area (Å²) >= 11 is 0. The highest BCUT2D eigenvalue weighted by molar-refractivity contribution is 6.07. The number of benzene rings is 2. The van der Waals surface area contributed by atoms with Crippen molar-refractivity contribution in [3.8, 4) is 0 Å². The number of rotatable bonds is 4. The molecule has 104 valence electrons. The first-order chi connectivity index (χ1) is 9.56. The van der Waals surface area contributed by atoms with E-state index < -0.39 is 0 Å². The number of nitrogens with one attached hydrogen (secondary N) is 1. The van der Waals surface area contributed by atoms with E-state index >= 15 is 0 Å². The van der Waals surface area contributed by atoms with E-state index in [-0.39, 0.29) is 5.91 Å². The van der Waals surface area contributed by atoms with Gasteiger partial charge in [0, 0.05) is 17.9 Å². The molecule has 0 saturated carbocycles. The van der Waals surface area contributed by atoms with Crippen LogP contribution in [0.25, 0.3) is 0 Å². The molecule has 3 N–H and O–H groups in total. The molecule has 0 saturated heterocycles. The van der Waals surface area contributed by atoms with Crippen molar-refractivity contribution >= 4 is 17.3 Å². The summed E-state index contributed by atoms with van der Waals surface area (Å²) in [4.78, 5) is 14.2. The van der Waals surface area contributed by atoms with E-state index in [0.29, 0.717) is 11.3 Å². The van der Waals surface area contributed by atoms with Gasteiger partial charge in [-0.05, 0) is 43.9 Å². The molecule has 0 aliphatic rings. The third-order valence-electron chi connectivity index (χ3n) is 2.89. The van der Waals surface area contributed by atoms with Crippen LogP contribution in [-0.4, -0.2) is 24.9 Å². The molecule has 20 heavy (non-hydrogen) atoms. The Kier molecular flexibility index (Phi) is 4.38. The summed E-state index contributed by atoms with van der Waals surface area (Å²) < 4.78 is 0. The lowest BCUT2D eigenvalue weighted by atomic mass is 10.1. The smallest absolute Gasteiger partial charge is 0.257 e. The Bertz CT molecular complexity index is 608. The van der Waals surface area contributed by atoms with Gasteiger partial charge in [0.05, 0.1) is 5.56 Å². The number of nitrogens with zero attached hydrogens (tertiary/aromatic N) is 1.